The van der Waals surface area contributed by atoms with Crippen LogP contribution < -0.4 is 14.8 Å². The highest BCUT2D eigenvalue weighted by molar-refractivity contribution is 6.35. The Balaban J connectivity index is 2.34. The summed E-state index contributed by atoms with van der Waals surface area (Å²) < 4.78 is 11.0. The molecule has 0 unspecified atom stereocenters. The maximum atomic E-state index is 12.4. The molecule has 0 heterocycles. The summed E-state index contributed by atoms with van der Waals surface area (Å²) in [6, 6.07) is 9.68. The Hall–Kier alpha value is -2.39. The standard InChI is InChI=1S/C20H17Cl3N2O3/c1-11(2)28-19-17(23)5-12(6-18(19)27-3)4-13(10-24)20(26)25-16-8-14(21)7-15(22)9-16/h4-9,11H,1-3H3,(H,25,26)/b13-4+. The lowest BCUT2D eigenvalue weighted by Crippen LogP contribution is -2.13. The molecule has 8 heteroatoms. The van der Waals surface area contributed by atoms with Crippen LogP contribution in [-0.2, 0) is 4.79 Å². The first-order valence-electron chi connectivity index (χ1n) is 8.17. The summed E-state index contributed by atoms with van der Waals surface area (Å²) in [6.45, 7) is 3.73. The SMILES string of the molecule is COc1cc(/C=C(\C#N)C(=O)Nc2cc(Cl)cc(Cl)c2)cc(Cl)c1OC(C)C. The fourth-order valence-corrected chi connectivity index (χ4v) is 3.10. The van der Waals surface area contributed by atoms with Crippen LogP contribution in [0.15, 0.2) is 35.9 Å². The summed E-state index contributed by atoms with van der Waals surface area (Å²) in [5, 5.41) is 13.0. The zero-order valence-corrected chi connectivity index (χ0v) is 17.6. The average Bonchev–Trinajstić information content (AvgIpc) is 2.60. The average molecular weight is 440 g/mol. The summed E-state index contributed by atoms with van der Waals surface area (Å²) in [5.41, 5.74) is 0.750. The quantitative estimate of drug-likeness (QED) is 0.443. The molecule has 2 aromatic rings. The van der Waals surface area contributed by atoms with Crippen molar-refractivity contribution in [3.05, 3.63) is 56.5 Å². The van der Waals surface area contributed by atoms with E-state index in [2.05, 4.69) is 5.32 Å². The van der Waals surface area contributed by atoms with Gasteiger partial charge >= 0.3 is 0 Å². The maximum Gasteiger partial charge on any atom is 0.266 e. The predicted molar refractivity (Wildman–Crippen MR) is 112 cm³/mol. The van der Waals surface area contributed by atoms with E-state index in [0.29, 0.717) is 37.8 Å². The van der Waals surface area contributed by atoms with Gasteiger partial charge in [0.05, 0.1) is 18.2 Å². The molecule has 0 aliphatic rings. The number of halogens is 3. The van der Waals surface area contributed by atoms with Crippen LogP contribution in [0.25, 0.3) is 6.08 Å². The second-order valence-electron chi connectivity index (χ2n) is 5.98. The molecule has 0 aliphatic carbocycles. The predicted octanol–water partition coefficient (Wildman–Crippen LogP) is 5.99. The number of benzene rings is 2. The largest absolute Gasteiger partial charge is 0.493 e. The Morgan fingerprint density at radius 1 is 1.14 bits per heavy atom. The lowest BCUT2D eigenvalue weighted by Gasteiger charge is -2.15. The van der Waals surface area contributed by atoms with Gasteiger partial charge in [0.25, 0.3) is 5.91 Å². The van der Waals surface area contributed by atoms with E-state index in [9.17, 15) is 10.1 Å². The van der Waals surface area contributed by atoms with Crippen LogP contribution in [0.5, 0.6) is 11.5 Å². The number of ether oxygens (including phenoxy) is 2. The van der Waals surface area contributed by atoms with E-state index < -0.39 is 5.91 Å². The molecule has 2 rings (SSSR count). The van der Waals surface area contributed by atoms with Crippen molar-refractivity contribution in [3.8, 4) is 17.6 Å². The Morgan fingerprint density at radius 3 is 2.32 bits per heavy atom. The number of methoxy groups -OCH3 is 1. The van der Waals surface area contributed by atoms with Crippen LogP contribution in [0.4, 0.5) is 5.69 Å². The summed E-state index contributed by atoms with van der Waals surface area (Å²) in [4.78, 5) is 12.4. The fourth-order valence-electron chi connectivity index (χ4n) is 2.31. The first-order valence-corrected chi connectivity index (χ1v) is 9.30. The molecule has 1 N–H and O–H groups in total. The maximum absolute atomic E-state index is 12.4. The highest BCUT2D eigenvalue weighted by atomic mass is 35.5. The second kappa shape index (κ2) is 9.70. The number of hydrogen-bond donors (Lipinski definition) is 1. The summed E-state index contributed by atoms with van der Waals surface area (Å²) in [5.74, 6) is 0.179. The third kappa shape index (κ3) is 5.80. The van der Waals surface area contributed by atoms with Gasteiger partial charge in [0.1, 0.15) is 11.6 Å². The molecular weight excluding hydrogens is 423 g/mol. The number of nitrogens with zero attached hydrogens (tertiary/aromatic N) is 1. The van der Waals surface area contributed by atoms with Crippen LogP contribution in [0, 0.1) is 11.3 Å². The molecule has 5 nitrogen and oxygen atoms in total. The van der Waals surface area contributed by atoms with Crippen molar-refractivity contribution in [2.24, 2.45) is 0 Å². The summed E-state index contributed by atoms with van der Waals surface area (Å²) in [7, 11) is 1.48. The third-order valence-corrected chi connectivity index (χ3v) is 4.12. The van der Waals surface area contributed by atoms with Crippen LogP contribution in [0.2, 0.25) is 15.1 Å². The Bertz CT molecular complexity index is 946. The number of hydrogen-bond acceptors (Lipinski definition) is 4. The molecule has 0 spiro atoms. The normalized spacial score (nSPS) is 11.1. The Labute approximate surface area is 178 Å². The highest BCUT2D eigenvalue weighted by Gasteiger charge is 2.15. The van der Waals surface area contributed by atoms with Gasteiger partial charge in [0.15, 0.2) is 11.5 Å². The molecule has 0 bridgehead atoms. The van der Waals surface area contributed by atoms with E-state index in [0.717, 1.165) is 0 Å². The molecule has 146 valence electrons. The van der Waals surface area contributed by atoms with E-state index in [4.69, 9.17) is 44.3 Å². The van der Waals surface area contributed by atoms with E-state index in [1.807, 2.05) is 19.9 Å². The van der Waals surface area contributed by atoms with Crippen molar-refractivity contribution >= 4 is 52.5 Å². The molecule has 2 aromatic carbocycles. The van der Waals surface area contributed by atoms with Crippen molar-refractivity contribution < 1.29 is 14.3 Å². The van der Waals surface area contributed by atoms with Crippen molar-refractivity contribution in [1.82, 2.24) is 0 Å². The van der Waals surface area contributed by atoms with Crippen LogP contribution in [0.1, 0.15) is 19.4 Å². The van der Waals surface area contributed by atoms with Crippen molar-refractivity contribution in [2.45, 2.75) is 20.0 Å². The fraction of sp³-hybridized carbons (Fsp3) is 0.200. The first kappa shape index (κ1) is 21.9. The van der Waals surface area contributed by atoms with E-state index in [1.54, 1.807) is 12.1 Å². The smallest absolute Gasteiger partial charge is 0.266 e. The molecule has 0 atom stereocenters. The van der Waals surface area contributed by atoms with Gasteiger partial charge < -0.3 is 14.8 Å². The minimum Gasteiger partial charge on any atom is -0.493 e. The lowest BCUT2D eigenvalue weighted by molar-refractivity contribution is -0.112. The number of nitrogens with one attached hydrogen (secondary N) is 1. The second-order valence-corrected chi connectivity index (χ2v) is 7.26. The van der Waals surface area contributed by atoms with E-state index in [1.165, 1.54) is 31.4 Å². The minimum absolute atomic E-state index is 0.0993. The number of carbonyl (C=O) groups excluding carboxylic acids is 1. The molecule has 1 amide bonds. The zero-order chi connectivity index (χ0) is 20.8. The minimum atomic E-state index is -0.613. The molecule has 0 aromatic heterocycles. The van der Waals surface area contributed by atoms with Gasteiger partial charge in [-0.1, -0.05) is 34.8 Å². The number of anilines is 1. The van der Waals surface area contributed by atoms with E-state index >= 15 is 0 Å². The number of rotatable bonds is 6. The molecule has 0 aliphatic heterocycles. The molecule has 0 radical (unpaired) electrons. The summed E-state index contributed by atoms with van der Waals surface area (Å²) >= 11 is 18.1. The van der Waals surface area contributed by atoms with Gasteiger partial charge in [-0.3, -0.25) is 4.79 Å². The van der Waals surface area contributed by atoms with Gasteiger partial charge in [-0.25, -0.2) is 0 Å². The number of carbonyl (C=O) groups is 1. The Morgan fingerprint density at radius 2 is 1.79 bits per heavy atom. The zero-order valence-electron chi connectivity index (χ0n) is 15.3. The van der Waals surface area contributed by atoms with Crippen LogP contribution in [-0.4, -0.2) is 19.1 Å². The molecular formula is C20H17Cl3N2O3. The molecule has 0 saturated carbocycles. The lowest BCUT2D eigenvalue weighted by atomic mass is 10.1. The molecule has 0 saturated heterocycles. The number of amides is 1. The first-order chi connectivity index (χ1) is 13.2. The monoisotopic (exact) mass is 438 g/mol. The highest BCUT2D eigenvalue weighted by Crippen LogP contribution is 2.37. The van der Waals surface area contributed by atoms with Gasteiger partial charge in [0.2, 0.25) is 0 Å². The molecule has 0 fully saturated rings. The summed E-state index contributed by atoms with van der Waals surface area (Å²) in [6.07, 6.45) is 1.30. The Kier molecular flexibility index (Phi) is 7.59. The molecule has 28 heavy (non-hydrogen) atoms. The third-order valence-electron chi connectivity index (χ3n) is 3.40. The van der Waals surface area contributed by atoms with Crippen molar-refractivity contribution in [1.29, 1.82) is 5.26 Å². The van der Waals surface area contributed by atoms with Crippen LogP contribution >= 0.6 is 34.8 Å². The van der Waals surface area contributed by atoms with Crippen molar-refractivity contribution in [2.75, 3.05) is 12.4 Å². The van der Waals surface area contributed by atoms with Gasteiger partial charge in [0, 0.05) is 15.7 Å². The topological polar surface area (TPSA) is 71.3 Å². The van der Waals surface area contributed by atoms with Gasteiger partial charge in [-0.2, -0.15) is 5.26 Å². The van der Waals surface area contributed by atoms with Gasteiger partial charge in [-0.15, -0.1) is 0 Å². The van der Waals surface area contributed by atoms with Crippen LogP contribution in [0.3, 0.4) is 0 Å². The van der Waals surface area contributed by atoms with E-state index in [-0.39, 0.29) is 11.7 Å². The van der Waals surface area contributed by atoms with Gasteiger partial charge in [-0.05, 0) is 55.8 Å². The number of nitriles is 1. The van der Waals surface area contributed by atoms with Crippen molar-refractivity contribution in [3.63, 3.8) is 0 Å².